The summed E-state index contributed by atoms with van der Waals surface area (Å²) in [6, 6.07) is 25.1. The van der Waals surface area contributed by atoms with Crippen molar-refractivity contribution in [3.63, 3.8) is 0 Å². The van der Waals surface area contributed by atoms with Gasteiger partial charge in [-0.15, -0.1) is 0 Å². The number of nitrogens with zero attached hydrogens (tertiary/aromatic N) is 1. The first kappa shape index (κ1) is 23.3. The van der Waals surface area contributed by atoms with Gasteiger partial charge in [-0.25, -0.2) is 9.69 Å². The number of ether oxygens (including phenoxy) is 1. The number of amides is 2. The summed E-state index contributed by atoms with van der Waals surface area (Å²) in [5.41, 5.74) is 3.00. The van der Waals surface area contributed by atoms with Gasteiger partial charge in [0.25, 0.3) is 11.8 Å². The molecule has 0 spiro atoms. The van der Waals surface area contributed by atoms with Crippen molar-refractivity contribution in [2.45, 2.75) is 13.8 Å². The van der Waals surface area contributed by atoms with Gasteiger partial charge in [-0.3, -0.25) is 9.59 Å². The number of carbonyl (C=O) groups is 3. The highest BCUT2D eigenvalue weighted by Gasteiger charge is 2.39. The molecule has 1 heterocycles. The Kier molecular flexibility index (Phi) is 6.04. The lowest BCUT2D eigenvalue weighted by atomic mass is 10.1. The molecule has 0 atom stereocenters. The third-order valence-corrected chi connectivity index (χ3v) is 6.33. The third-order valence-electron chi connectivity index (χ3n) is 5.98. The van der Waals surface area contributed by atoms with Gasteiger partial charge >= 0.3 is 5.97 Å². The van der Waals surface area contributed by atoms with Crippen LogP contribution in [0.2, 0.25) is 0 Å². The zero-order valence-corrected chi connectivity index (χ0v) is 20.3. The summed E-state index contributed by atoms with van der Waals surface area (Å²) in [7, 11) is 0. The van der Waals surface area contributed by atoms with Crippen LogP contribution in [0.4, 0.5) is 11.4 Å². The van der Waals surface area contributed by atoms with Crippen LogP contribution in [0.25, 0.3) is 10.8 Å². The summed E-state index contributed by atoms with van der Waals surface area (Å²) in [4.78, 5) is 39.7. The Morgan fingerprint density at radius 3 is 2.36 bits per heavy atom. The Labute approximate surface area is 212 Å². The summed E-state index contributed by atoms with van der Waals surface area (Å²) < 4.78 is 5.62. The monoisotopic (exact) mass is 496 g/mol. The number of fused-ring (bicyclic) bond motifs is 1. The van der Waals surface area contributed by atoms with Gasteiger partial charge in [-0.1, -0.05) is 60.1 Å². The van der Waals surface area contributed by atoms with E-state index in [2.05, 4.69) is 5.32 Å². The number of hydrogen-bond acceptors (Lipinski definition) is 5. The van der Waals surface area contributed by atoms with Gasteiger partial charge in [-0.05, 0) is 66.8 Å². The van der Waals surface area contributed by atoms with Crippen LogP contribution in [0.3, 0.4) is 0 Å². The normalized spacial score (nSPS) is 13.5. The molecule has 36 heavy (non-hydrogen) atoms. The van der Waals surface area contributed by atoms with Gasteiger partial charge in [-0.2, -0.15) is 0 Å². The first-order chi connectivity index (χ1) is 17.3. The van der Waals surface area contributed by atoms with E-state index in [9.17, 15) is 14.4 Å². The third kappa shape index (κ3) is 4.23. The summed E-state index contributed by atoms with van der Waals surface area (Å²) >= 11 is 6.26. The second-order valence-electron chi connectivity index (χ2n) is 8.49. The molecule has 1 N–H and O–H groups in total. The van der Waals surface area contributed by atoms with Crippen molar-refractivity contribution in [1.29, 1.82) is 0 Å². The summed E-state index contributed by atoms with van der Waals surface area (Å²) in [5.74, 6) is -1.17. The predicted molar refractivity (Wildman–Crippen MR) is 140 cm³/mol. The molecule has 1 aliphatic heterocycles. The number of carbonyl (C=O) groups excluding carboxylic acids is 3. The highest BCUT2D eigenvalue weighted by Crippen LogP contribution is 2.32. The van der Waals surface area contributed by atoms with Crippen molar-refractivity contribution in [3.8, 4) is 5.75 Å². The maximum absolute atomic E-state index is 13.1. The van der Waals surface area contributed by atoms with E-state index in [-0.39, 0.29) is 10.7 Å². The lowest BCUT2D eigenvalue weighted by Gasteiger charge is -2.18. The first-order valence-corrected chi connectivity index (χ1v) is 11.6. The predicted octanol–water partition coefficient (Wildman–Crippen LogP) is 6.11. The van der Waals surface area contributed by atoms with E-state index >= 15 is 0 Å². The van der Waals surface area contributed by atoms with Crippen molar-refractivity contribution in [2.24, 2.45) is 0 Å². The van der Waals surface area contributed by atoms with E-state index in [1.54, 1.807) is 36.4 Å². The van der Waals surface area contributed by atoms with Crippen LogP contribution >= 0.6 is 11.6 Å². The Morgan fingerprint density at radius 2 is 1.58 bits per heavy atom. The fourth-order valence-electron chi connectivity index (χ4n) is 4.07. The van der Waals surface area contributed by atoms with Gasteiger partial charge in [0.05, 0.1) is 11.3 Å². The number of imide groups is 1. The number of hydrogen-bond donors (Lipinski definition) is 1. The van der Waals surface area contributed by atoms with Crippen LogP contribution in [-0.2, 0) is 9.59 Å². The molecule has 4 aromatic carbocycles. The van der Waals surface area contributed by atoms with Gasteiger partial charge in [0.15, 0.2) is 0 Å². The first-order valence-electron chi connectivity index (χ1n) is 11.3. The molecule has 178 valence electrons. The Morgan fingerprint density at radius 1 is 0.861 bits per heavy atom. The van der Waals surface area contributed by atoms with Gasteiger partial charge in [0, 0.05) is 11.1 Å². The van der Waals surface area contributed by atoms with E-state index in [1.165, 1.54) is 0 Å². The molecule has 7 heteroatoms. The van der Waals surface area contributed by atoms with Gasteiger partial charge in [0.1, 0.15) is 16.5 Å². The van der Waals surface area contributed by atoms with Crippen LogP contribution in [0.15, 0.2) is 95.7 Å². The van der Waals surface area contributed by atoms with Crippen LogP contribution in [0.5, 0.6) is 5.75 Å². The Bertz CT molecular complexity index is 1570. The number of halogens is 1. The molecule has 5 rings (SSSR count). The molecule has 0 aromatic heterocycles. The number of benzene rings is 4. The lowest BCUT2D eigenvalue weighted by Crippen LogP contribution is -2.32. The molecule has 4 aromatic rings. The lowest BCUT2D eigenvalue weighted by molar-refractivity contribution is -0.120. The molecular weight excluding hydrogens is 476 g/mol. The fraction of sp³-hybridized carbons (Fsp3) is 0.0690. The number of esters is 1. The van der Waals surface area contributed by atoms with Crippen molar-refractivity contribution in [3.05, 3.63) is 112 Å². The second-order valence-corrected chi connectivity index (χ2v) is 8.87. The van der Waals surface area contributed by atoms with Crippen LogP contribution in [0.1, 0.15) is 21.5 Å². The molecule has 0 aliphatic carbocycles. The SMILES string of the molecule is Cc1ccc(C)c(N2C(=O)C(Cl)=C(Nc3ccc(C(=O)Oc4cccc5ccccc45)cc3)C2=O)c1. The zero-order valence-electron chi connectivity index (χ0n) is 19.5. The van der Waals surface area contributed by atoms with Gasteiger partial charge < -0.3 is 10.1 Å². The van der Waals surface area contributed by atoms with Crippen molar-refractivity contribution >= 4 is 51.5 Å². The van der Waals surface area contributed by atoms with E-state index in [4.69, 9.17) is 16.3 Å². The van der Waals surface area contributed by atoms with E-state index in [0.717, 1.165) is 26.8 Å². The fourth-order valence-corrected chi connectivity index (χ4v) is 4.28. The Balaban J connectivity index is 1.33. The molecule has 1 aliphatic rings. The Hall–Kier alpha value is -4.42. The maximum atomic E-state index is 13.1. The molecule has 2 amide bonds. The highest BCUT2D eigenvalue weighted by atomic mass is 35.5. The summed E-state index contributed by atoms with van der Waals surface area (Å²) in [6.07, 6.45) is 0. The van der Waals surface area contributed by atoms with Crippen LogP contribution < -0.4 is 15.0 Å². The quantitative estimate of drug-likeness (QED) is 0.205. The average Bonchev–Trinajstić information content (AvgIpc) is 3.09. The minimum Gasteiger partial charge on any atom is -0.422 e. The highest BCUT2D eigenvalue weighted by molar-refractivity contribution is 6.53. The summed E-state index contributed by atoms with van der Waals surface area (Å²) in [6.45, 7) is 3.71. The maximum Gasteiger partial charge on any atom is 0.343 e. The molecule has 6 nitrogen and oxygen atoms in total. The topological polar surface area (TPSA) is 75.7 Å². The summed E-state index contributed by atoms with van der Waals surface area (Å²) in [5, 5.41) is 4.54. The van der Waals surface area contributed by atoms with Gasteiger partial charge in [0.2, 0.25) is 0 Å². The number of aryl methyl sites for hydroxylation is 2. The number of anilines is 2. The van der Waals surface area contributed by atoms with Crippen molar-refractivity contribution < 1.29 is 19.1 Å². The van der Waals surface area contributed by atoms with Crippen LogP contribution in [0, 0.1) is 13.8 Å². The molecule has 0 bridgehead atoms. The van der Waals surface area contributed by atoms with E-state index in [1.807, 2.05) is 62.4 Å². The molecule has 0 saturated carbocycles. The minimum atomic E-state index is -0.590. The molecular formula is C29H21ClN2O4. The molecule has 0 unspecified atom stereocenters. The smallest absolute Gasteiger partial charge is 0.343 e. The average molecular weight is 497 g/mol. The van der Waals surface area contributed by atoms with Crippen molar-refractivity contribution in [1.82, 2.24) is 0 Å². The van der Waals surface area contributed by atoms with E-state index in [0.29, 0.717) is 22.7 Å². The minimum absolute atomic E-state index is 0.0198. The number of rotatable bonds is 5. The molecule has 0 fully saturated rings. The zero-order chi connectivity index (χ0) is 25.4. The van der Waals surface area contributed by atoms with Crippen LogP contribution in [-0.4, -0.2) is 17.8 Å². The molecule has 0 saturated heterocycles. The second kappa shape index (κ2) is 9.32. The standard InChI is InChI=1S/C29H21ClN2O4/c1-17-10-11-18(2)23(16-17)32-27(33)25(30)26(28(32)34)31-21-14-12-20(13-15-21)29(35)36-24-9-5-7-19-6-3-4-8-22(19)24/h3-16,31H,1-2H3. The molecule has 0 radical (unpaired) electrons. The number of nitrogens with one attached hydrogen (secondary N) is 1. The van der Waals surface area contributed by atoms with Crippen molar-refractivity contribution in [2.75, 3.05) is 10.2 Å². The largest absolute Gasteiger partial charge is 0.422 e. The van der Waals surface area contributed by atoms with E-state index < -0.39 is 17.8 Å².